The van der Waals surface area contributed by atoms with Crippen LogP contribution in [-0.2, 0) is 0 Å². The van der Waals surface area contributed by atoms with Gasteiger partial charge < -0.3 is 0 Å². The fourth-order valence-electron chi connectivity index (χ4n) is 6.43. The van der Waals surface area contributed by atoms with Crippen molar-refractivity contribution >= 4 is 21.5 Å². The fraction of sp³-hybridized carbons (Fsp3) is 0. The van der Waals surface area contributed by atoms with Crippen molar-refractivity contribution in [3.05, 3.63) is 176 Å². The molecular formula is C43H29N. The molecule has 0 aliphatic rings. The highest BCUT2D eigenvalue weighted by Crippen LogP contribution is 2.44. The first-order valence-electron chi connectivity index (χ1n) is 15.0. The van der Waals surface area contributed by atoms with Crippen LogP contribution in [0.1, 0.15) is 0 Å². The third kappa shape index (κ3) is 4.65. The van der Waals surface area contributed by atoms with Crippen molar-refractivity contribution < 1.29 is 0 Å². The Morgan fingerprint density at radius 1 is 0.250 bits per heavy atom. The molecule has 1 heterocycles. The highest BCUT2D eigenvalue weighted by atomic mass is 14.6. The summed E-state index contributed by atoms with van der Waals surface area (Å²) in [6.45, 7) is 0. The minimum Gasteiger partial charge on any atom is -0.263 e. The molecule has 0 unspecified atom stereocenters. The lowest BCUT2D eigenvalue weighted by atomic mass is 9.85. The van der Waals surface area contributed by atoms with Gasteiger partial charge in [-0.3, -0.25) is 4.98 Å². The van der Waals surface area contributed by atoms with Crippen molar-refractivity contribution in [1.82, 2.24) is 4.98 Å². The van der Waals surface area contributed by atoms with E-state index in [0.717, 1.165) is 16.7 Å². The molecular weight excluding hydrogens is 530 g/mol. The molecule has 8 aromatic rings. The van der Waals surface area contributed by atoms with Crippen LogP contribution in [0.2, 0.25) is 0 Å². The van der Waals surface area contributed by atoms with Crippen molar-refractivity contribution in [3.63, 3.8) is 0 Å². The van der Waals surface area contributed by atoms with Crippen LogP contribution in [0.5, 0.6) is 0 Å². The molecule has 0 N–H and O–H groups in total. The summed E-state index contributed by atoms with van der Waals surface area (Å²) in [5.74, 6) is 0. The maximum atomic E-state index is 4.55. The molecule has 1 aromatic heterocycles. The maximum Gasteiger partial charge on any atom is 0.0346 e. The Morgan fingerprint density at radius 3 is 1.18 bits per heavy atom. The molecule has 0 spiro atoms. The van der Waals surface area contributed by atoms with E-state index in [2.05, 4.69) is 163 Å². The van der Waals surface area contributed by atoms with Crippen molar-refractivity contribution in [2.45, 2.75) is 0 Å². The van der Waals surface area contributed by atoms with Crippen LogP contribution in [-0.4, -0.2) is 4.98 Å². The highest BCUT2D eigenvalue weighted by Gasteiger charge is 2.17. The molecule has 0 amide bonds. The van der Waals surface area contributed by atoms with Crippen LogP contribution in [0.15, 0.2) is 176 Å². The number of rotatable bonds is 5. The van der Waals surface area contributed by atoms with E-state index in [1.54, 1.807) is 0 Å². The molecule has 0 saturated carbocycles. The van der Waals surface area contributed by atoms with E-state index >= 15 is 0 Å². The summed E-state index contributed by atoms with van der Waals surface area (Å²) in [7, 11) is 0. The van der Waals surface area contributed by atoms with E-state index in [1.165, 1.54) is 60.5 Å². The van der Waals surface area contributed by atoms with Crippen LogP contribution >= 0.6 is 0 Å². The number of hydrogen-bond donors (Lipinski definition) is 0. The highest BCUT2D eigenvalue weighted by molar-refractivity contribution is 6.21. The molecule has 1 heteroatoms. The van der Waals surface area contributed by atoms with Crippen molar-refractivity contribution in [2.24, 2.45) is 0 Å². The first-order chi connectivity index (χ1) is 21.8. The minimum atomic E-state index is 1.11. The number of fused-ring (bicyclic) bond motifs is 2. The molecule has 0 saturated heterocycles. The summed E-state index contributed by atoms with van der Waals surface area (Å²) in [6, 6.07) is 58.9. The Labute approximate surface area is 257 Å². The predicted octanol–water partition coefficient (Wildman–Crippen LogP) is 11.7. The number of pyridine rings is 1. The van der Waals surface area contributed by atoms with Gasteiger partial charge in [0.05, 0.1) is 0 Å². The van der Waals surface area contributed by atoms with Gasteiger partial charge >= 0.3 is 0 Å². The Morgan fingerprint density at radius 2 is 0.636 bits per heavy atom. The predicted molar refractivity (Wildman–Crippen MR) is 186 cm³/mol. The minimum absolute atomic E-state index is 1.11. The van der Waals surface area contributed by atoms with E-state index in [-0.39, 0.29) is 0 Å². The Kier molecular flexibility index (Phi) is 6.55. The maximum absolute atomic E-state index is 4.55. The van der Waals surface area contributed by atoms with Gasteiger partial charge in [0.25, 0.3) is 0 Å². The van der Waals surface area contributed by atoms with Crippen LogP contribution in [0.3, 0.4) is 0 Å². The van der Waals surface area contributed by atoms with Crippen LogP contribution < -0.4 is 0 Å². The SMILES string of the molecule is c1ccc(-c2cncc(-c3ccc(-c4ccc5c(-c6ccccc6)c6ccccc6c(-c6ccccc6)c5c4)cc3)c2)cc1. The van der Waals surface area contributed by atoms with E-state index in [1.807, 2.05) is 18.5 Å². The summed E-state index contributed by atoms with van der Waals surface area (Å²) in [5, 5.41) is 5.06. The lowest BCUT2D eigenvalue weighted by molar-refractivity contribution is 1.33. The zero-order chi connectivity index (χ0) is 29.3. The normalized spacial score (nSPS) is 11.2. The average Bonchev–Trinajstić information content (AvgIpc) is 3.11. The smallest absolute Gasteiger partial charge is 0.0346 e. The van der Waals surface area contributed by atoms with E-state index < -0.39 is 0 Å². The Balaban J connectivity index is 1.29. The van der Waals surface area contributed by atoms with E-state index in [9.17, 15) is 0 Å². The number of nitrogens with zero attached hydrogens (tertiary/aromatic N) is 1. The molecule has 0 aliphatic carbocycles. The van der Waals surface area contributed by atoms with Gasteiger partial charge in [-0.25, -0.2) is 0 Å². The third-order valence-electron chi connectivity index (χ3n) is 8.55. The zero-order valence-electron chi connectivity index (χ0n) is 24.2. The first-order valence-corrected chi connectivity index (χ1v) is 15.0. The van der Waals surface area contributed by atoms with Crippen LogP contribution in [0, 0.1) is 0 Å². The topological polar surface area (TPSA) is 12.9 Å². The van der Waals surface area contributed by atoms with E-state index in [4.69, 9.17) is 0 Å². The summed E-state index contributed by atoms with van der Waals surface area (Å²) >= 11 is 0. The van der Waals surface area contributed by atoms with Crippen molar-refractivity contribution in [2.75, 3.05) is 0 Å². The van der Waals surface area contributed by atoms with Gasteiger partial charge in [0.1, 0.15) is 0 Å². The summed E-state index contributed by atoms with van der Waals surface area (Å²) < 4.78 is 0. The largest absolute Gasteiger partial charge is 0.263 e. The molecule has 0 atom stereocenters. The zero-order valence-corrected chi connectivity index (χ0v) is 24.2. The van der Waals surface area contributed by atoms with Gasteiger partial charge in [0.15, 0.2) is 0 Å². The quantitative estimate of drug-likeness (QED) is 0.191. The van der Waals surface area contributed by atoms with Gasteiger partial charge in [0, 0.05) is 23.5 Å². The molecule has 7 aromatic carbocycles. The summed E-state index contributed by atoms with van der Waals surface area (Å²) in [4.78, 5) is 4.55. The summed E-state index contributed by atoms with van der Waals surface area (Å²) in [5.41, 5.74) is 12.0. The number of benzene rings is 7. The fourth-order valence-corrected chi connectivity index (χ4v) is 6.43. The monoisotopic (exact) mass is 559 g/mol. The van der Waals surface area contributed by atoms with Crippen molar-refractivity contribution in [1.29, 1.82) is 0 Å². The van der Waals surface area contributed by atoms with Gasteiger partial charge in [-0.1, -0.05) is 152 Å². The number of hydrogen-bond acceptors (Lipinski definition) is 1. The molecule has 8 rings (SSSR count). The van der Waals surface area contributed by atoms with Gasteiger partial charge in [-0.2, -0.15) is 0 Å². The van der Waals surface area contributed by atoms with Gasteiger partial charge in [-0.05, 0) is 78.2 Å². The molecule has 1 nitrogen and oxygen atoms in total. The lowest BCUT2D eigenvalue weighted by Crippen LogP contribution is -1.91. The molecule has 206 valence electrons. The summed E-state index contributed by atoms with van der Waals surface area (Å²) in [6.07, 6.45) is 3.87. The molecule has 0 bridgehead atoms. The van der Waals surface area contributed by atoms with Crippen LogP contribution in [0.25, 0.3) is 77.2 Å². The van der Waals surface area contributed by atoms with E-state index in [0.29, 0.717) is 0 Å². The average molecular weight is 560 g/mol. The lowest BCUT2D eigenvalue weighted by Gasteiger charge is -2.18. The molecule has 44 heavy (non-hydrogen) atoms. The first kappa shape index (κ1) is 25.9. The van der Waals surface area contributed by atoms with Crippen molar-refractivity contribution in [3.8, 4) is 55.6 Å². The second-order valence-electron chi connectivity index (χ2n) is 11.2. The van der Waals surface area contributed by atoms with Gasteiger partial charge in [-0.15, -0.1) is 0 Å². The van der Waals surface area contributed by atoms with Crippen LogP contribution in [0.4, 0.5) is 0 Å². The molecule has 0 fully saturated rings. The second kappa shape index (κ2) is 11.1. The van der Waals surface area contributed by atoms with Gasteiger partial charge in [0.2, 0.25) is 0 Å². The standard InChI is InChI=1S/C43H29N/c1-4-12-30(13-5-1)36-26-37(29-44-28-36)32-22-20-31(21-23-32)35-24-25-40-41(27-35)43(34-16-8-3-9-17-34)39-19-11-10-18-38(39)42(40)33-14-6-2-7-15-33/h1-29H. The second-order valence-corrected chi connectivity index (χ2v) is 11.2. The molecule has 0 aliphatic heterocycles. The number of aromatic nitrogens is 1. The molecule has 0 radical (unpaired) electrons. The Hall–Kier alpha value is -5.79. The Bertz CT molecular complexity index is 2230. The third-order valence-corrected chi connectivity index (χ3v) is 8.55.